The minimum absolute atomic E-state index is 0.126. The molecule has 0 radical (unpaired) electrons. The first-order valence-electron chi connectivity index (χ1n) is 7.63. The van der Waals surface area contributed by atoms with Crippen molar-refractivity contribution in [1.82, 2.24) is 24.9 Å². The summed E-state index contributed by atoms with van der Waals surface area (Å²) >= 11 is 3.46. The van der Waals surface area contributed by atoms with Crippen LogP contribution in [-0.2, 0) is 24.9 Å². The fourth-order valence-electron chi connectivity index (χ4n) is 2.70. The van der Waals surface area contributed by atoms with Crippen molar-refractivity contribution in [3.63, 3.8) is 0 Å². The van der Waals surface area contributed by atoms with Gasteiger partial charge in [-0.05, 0) is 18.2 Å². The lowest BCUT2D eigenvalue weighted by Gasteiger charge is -2.02. The molecule has 0 bridgehead atoms. The summed E-state index contributed by atoms with van der Waals surface area (Å²) < 4.78 is 9.80. The molecular weight excluding hydrogens is 374 g/mol. The molecule has 1 saturated heterocycles. The summed E-state index contributed by atoms with van der Waals surface area (Å²) in [7, 11) is 1.93. The fourth-order valence-corrected chi connectivity index (χ4v) is 3.06. The summed E-state index contributed by atoms with van der Waals surface area (Å²) in [6.45, 7) is 1.83. The predicted molar refractivity (Wildman–Crippen MR) is 91.6 cm³/mol. The van der Waals surface area contributed by atoms with Crippen LogP contribution in [0.5, 0.6) is 0 Å². The number of benzene rings is 1. The number of halogens is 1. The smallest absolute Gasteiger partial charge is 0.253 e. The van der Waals surface area contributed by atoms with Crippen molar-refractivity contribution in [1.29, 1.82) is 0 Å². The van der Waals surface area contributed by atoms with Gasteiger partial charge in [-0.25, -0.2) is 4.68 Å². The molecule has 0 spiro atoms. The molecule has 1 fully saturated rings. The Morgan fingerprint density at radius 3 is 3.08 bits per heavy atom. The normalized spacial score (nSPS) is 16.5. The van der Waals surface area contributed by atoms with E-state index in [1.165, 1.54) is 0 Å². The zero-order chi connectivity index (χ0) is 16.7. The third-order valence-corrected chi connectivity index (χ3v) is 4.50. The molecular formula is C16H16BrN5O2. The van der Waals surface area contributed by atoms with Gasteiger partial charge in [0.15, 0.2) is 0 Å². The molecule has 1 N–H and O–H groups in total. The topological polar surface area (TPSA) is 77.3 Å². The largest absolute Gasteiger partial charge is 0.371 e. The molecule has 1 aliphatic rings. The first-order valence-corrected chi connectivity index (χ1v) is 8.43. The molecule has 124 valence electrons. The van der Waals surface area contributed by atoms with E-state index in [4.69, 9.17) is 4.74 Å². The number of hydrogen-bond donors (Lipinski definition) is 1. The summed E-state index contributed by atoms with van der Waals surface area (Å²) in [5.74, 6) is -0.126. The van der Waals surface area contributed by atoms with Crippen LogP contribution >= 0.6 is 15.9 Å². The van der Waals surface area contributed by atoms with Gasteiger partial charge in [0.25, 0.3) is 5.91 Å². The zero-order valence-electron chi connectivity index (χ0n) is 13.1. The van der Waals surface area contributed by atoms with Crippen LogP contribution in [0.1, 0.15) is 16.1 Å². The number of carbonyl (C=O) groups excluding carboxylic acids is 1. The zero-order valence-corrected chi connectivity index (χ0v) is 14.7. The maximum absolute atomic E-state index is 12.5. The highest BCUT2D eigenvalue weighted by Crippen LogP contribution is 2.24. The molecule has 0 unspecified atom stereocenters. The number of nitrogens with zero attached hydrogens (tertiary/aromatic N) is 4. The van der Waals surface area contributed by atoms with Crippen LogP contribution in [0.15, 0.2) is 35.1 Å². The van der Waals surface area contributed by atoms with Crippen LogP contribution in [0.4, 0.5) is 0 Å². The third kappa shape index (κ3) is 3.07. The van der Waals surface area contributed by atoms with Crippen molar-refractivity contribution >= 4 is 32.7 Å². The number of epoxide rings is 1. The van der Waals surface area contributed by atoms with E-state index < -0.39 is 0 Å². The Kier molecular flexibility index (Phi) is 3.85. The van der Waals surface area contributed by atoms with E-state index in [-0.39, 0.29) is 12.0 Å². The van der Waals surface area contributed by atoms with Crippen LogP contribution in [0.3, 0.4) is 0 Å². The maximum atomic E-state index is 12.5. The lowest BCUT2D eigenvalue weighted by Crippen LogP contribution is -2.22. The Bertz CT molecular complexity index is 912. The van der Waals surface area contributed by atoms with Gasteiger partial charge in [0, 0.05) is 28.6 Å². The quantitative estimate of drug-likeness (QED) is 0.675. The van der Waals surface area contributed by atoms with Gasteiger partial charge in [-0.15, -0.1) is 5.10 Å². The summed E-state index contributed by atoms with van der Waals surface area (Å²) in [6, 6.07) is 5.91. The van der Waals surface area contributed by atoms with Gasteiger partial charge in [-0.1, -0.05) is 21.1 Å². The van der Waals surface area contributed by atoms with Gasteiger partial charge < -0.3 is 14.6 Å². The Morgan fingerprint density at radius 2 is 2.29 bits per heavy atom. The molecule has 3 heterocycles. The van der Waals surface area contributed by atoms with Crippen LogP contribution in [-0.4, -0.2) is 38.2 Å². The molecule has 2 aromatic heterocycles. The predicted octanol–water partition coefficient (Wildman–Crippen LogP) is 1.86. The second-order valence-corrected chi connectivity index (χ2v) is 6.80. The molecule has 4 rings (SSSR count). The van der Waals surface area contributed by atoms with E-state index in [9.17, 15) is 4.79 Å². The highest BCUT2D eigenvalue weighted by atomic mass is 79.9. The van der Waals surface area contributed by atoms with Crippen molar-refractivity contribution in [2.75, 3.05) is 6.61 Å². The molecule has 3 aromatic rings. The number of ether oxygens (including phenoxy) is 1. The number of carbonyl (C=O) groups is 1. The van der Waals surface area contributed by atoms with E-state index in [1.54, 1.807) is 4.68 Å². The van der Waals surface area contributed by atoms with E-state index >= 15 is 0 Å². The molecule has 1 atom stereocenters. The molecule has 8 heteroatoms. The average molecular weight is 390 g/mol. The van der Waals surface area contributed by atoms with Crippen LogP contribution < -0.4 is 5.32 Å². The average Bonchev–Trinajstić information content (AvgIpc) is 3.16. The second kappa shape index (κ2) is 6.03. The van der Waals surface area contributed by atoms with Gasteiger partial charge in [0.1, 0.15) is 11.8 Å². The summed E-state index contributed by atoms with van der Waals surface area (Å²) in [5.41, 5.74) is 2.39. The second-order valence-electron chi connectivity index (χ2n) is 5.89. The highest BCUT2D eigenvalue weighted by Gasteiger charge is 2.23. The van der Waals surface area contributed by atoms with Gasteiger partial charge in [-0.2, -0.15) is 0 Å². The standard InChI is InChI=1S/C16H16BrN5O2/c1-21-8-14(13-4-10(17)2-3-15(13)21)16(23)18-5-11-6-22(20-19-11)7-12-9-24-12/h2-4,6,8,12H,5,7,9H2,1H3,(H,18,23)/t12-/m1/s1. The van der Waals surface area contributed by atoms with Gasteiger partial charge in [0.2, 0.25) is 0 Å². The van der Waals surface area contributed by atoms with Crippen LogP contribution in [0, 0.1) is 0 Å². The molecule has 1 aliphatic heterocycles. The van der Waals surface area contributed by atoms with Gasteiger partial charge >= 0.3 is 0 Å². The lowest BCUT2D eigenvalue weighted by molar-refractivity contribution is 0.0952. The number of aromatic nitrogens is 4. The molecule has 0 saturated carbocycles. The van der Waals surface area contributed by atoms with Crippen molar-refractivity contribution in [3.8, 4) is 0 Å². The first kappa shape index (κ1) is 15.3. The van der Waals surface area contributed by atoms with E-state index in [1.807, 2.05) is 42.2 Å². The Morgan fingerprint density at radius 1 is 1.46 bits per heavy atom. The van der Waals surface area contributed by atoms with Crippen molar-refractivity contribution in [2.24, 2.45) is 7.05 Å². The number of aryl methyl sites for hydroxylation is 1. The first-order chi connectivity index (χ1) is 11.6. The van der Waals surface area contributed by atoms with Crippen molar-refractivity contribution in [3.05, 3.63) is 46.3 Å². The lowest BCUT2D eigenvalue weighted by atomic mass is 10.1. The number of nitrogens with one attached hydrogen (secondary N) is 1. The molecule has 24 heavy (non-hydrogen) atoms. The number of hydrogen-bond acceptors (Lipinski definition) is 4. The maximum Gasteiger partial charge on any atom is 0.253 e. The van der Waals surface area contributed by atoms with Crippen molar-refractivity contribution in [2.45, 2.75) is 19.2 Å². The molecule has 0 aliphatic carbocycles. The van der Waals surface area contributed by atoms with Crippen LogP contribution in [0.2, 0.25) is 0 Å². The minimum Gasteiger partial charge on any atom is -0.371 e. The Hall–Kier alpha value is -2.19. The van der Waals surface area contributed by atoms with E-state index in [0.29, 0.717) is 18.7 Å². The molecule has 1 amide bonds. The van der Waals surface area contributed by atoms with E-state index in [2.05, 4.69) is 31.6 Å². The number of fused-ring (bicyclic) bond motifs is 1. The summed E-state index contributed by atoms with van der Waals surface area (Å²) in [5, 5.41) is 11.9. The Labute approximate surface area is 146 Å². The molecule has 7 nitrogen and oxygen atoms in total. The Balaban J connectivity index is 1.48. The monoisotopic (exact) mass is 389 g/mol. The van der Waals surface area contributed by atoms with Gasteiger partial charge in [0.05, 0.1) is 31.5 Å². The summed E-state index contributed by atoms with van der Waals surface area (Å²) in [6.07, 6.45) is 3.93. The van der Waals surface area contributed by atoms with Crippen molar-refractivity contribution < 1.29 is 9.53 Å². The SMILES string of the molecule is Cn1cc(C(=O)NCc2cn(C[C@@H]3CO3)nn2)c2cc(Br)ccc21. The third-order valence-electron chi connectivity index (χ3n) is 4.01. The number of amides is 1. The van der Waals surface area contributed by atoms with Gasteiger partial charge in [-0.3, -0.25) is 4.79 Å². The highest BCUT2D eigenvalue weighted by molar-refractivity contribution is 9.10. The van der Waals surface area contributed by atoms with E-state index in [0.717, 1.165) is 27.7 Å². The van der Waals surface area contributed by atoms with Crippen LogP contribution in [0.25, 0.3) is 10.9 Å². The molecule has 1 aromatic carbocycles. The minimum atomic E-state index is -0.126. The number of rotatable bonds is 5. The fraction of sp³-hybridized carbons (Fsp3) is 0.312. The summed E-state index contributed by atoms with van der Waals surface area (Å²) in [4.78, 5) is 12.5.